The Morgan fingerprint density at radius 2 is 2.09 bits per heavy atom. The van der Waals surface area contributed by atoms with Crippen LogP contribution in [0.2, 0.25) is 0 Å². The average molecular weight is 160 g/mol. The molecule has 0 fully saturated rings. The van der Waals surface area contributed by atoms with Crippen molar-refractivity contribution in [2.24, 2.45) is 0 Å². The van der Waals surface area contributed by atoms with Crippen LogP contribution >= 0.6 is 0 Å². The molecule has 0 saturated heterocycles. The van der Waals surface area contributed by atoms with Gasteiger partial charge in [0.25, 0.3) is 6.43 Å². The highest BCUT2D eigenvalue weighted by Gasteiger charge is 2.10. The van der Waals surface area contributed by atoms with Crippen molar-refractivity contribution in [2.45, 2.75) is 6.43 Å². The zero-order valence-electron chi connectivity index (χ0n) is 5.47. The Bertz CT molecular complexity index is 308. The summed E-state index contributed by atoms with van der Waals surface area (Å²) in [5.41, 5.74) is 4.26. The maximum atomic E-state index is 12.0. The summed E-state index contributed by atoms with van der Waals surface area (Å²) in [6.45, 7) is 0. The molecular formula is C6H6F2N2O. The molecule has 3 nitrogen and oxygen atoms in total. The Hall–Kier alpha value is -1.39. The number of hydrogen-bond acceptors (Lipinski definition) is 2. The van der Waals surface area contributed by atoms with Crippen LogP contribution in [0.15, 0.2) is 16.9 Å². The summed E-state index contributed by atoms with van der Waals surface area (Å²) in [5, 5.41) is 0. The van der Waals surface area contributed by atoms with Crippen LogP contribution in [0.1, 0.15) is 12.0 Å². The molecule has 0 aromatic carbocycles. The predicted octanol–water partition coefficient (Wildman–Crippen LogP) is 0.895. The molecule has 0 aliphatic carbocycles. The highest BCUT2D eigenvalue weighted by molar-refractivity contribution is 5.38. The lowest BCUT2D eigenvalue weighted by Crippen LogP contribution is -2.09. The first kappa shape index (κ1) is 7.71. The number of alkyl halides is 2. The molecule has 0 amide bonds. The first-order valence-corrected chi connectivity index (χ1v) is 2.88. The maximum absolute atomic E-state index is 12.0. The molecule has 5 heteroatoms. The minimum atomic E-state index is -2.65. The van der Waals surface area contributed by atoms with Gasteiger partial charge in [-0.05, 0) is 6.07 Å². The van der Waals surface area contributed by atoms with E-state index in [4.69, 9.17) is 5.73 Å². The first-order valence-electron chi connectivity index (χ1n) is 2.88. The Kier molecular flexibility index (Phi) is 1.89. The third-order valence-electron chi connectivity index (χ3n) is 1.22. The third-order valence-corrected chi connectivity index (χ3v) is 1.22. The van der Waals surface area contributed by atoms with E-state index >= 15 is 0 Å². The smallest absolute Gasteiger partial charge is 0.267 e. The van der Waals surface area contributed by atoms with Gasteiger partial charge in [0.1, 0.15) is 5.82 Å². The van der Waals surface area contributed by atoms with Crippen LogP contribution in [0.3, 0.4) is 0 Å². The van der Waals surface area contributed by atoms with Gasteiger partial charge in [-0.15, -0.1) is 0 Å². The van der Waals surface area contributed by atoms with Crippen molar-refractivity contribution in [1.82, 2.24) is 4.98 Å². The van der Waals surface area contributed by atoms with E-state index in [1.54, 1.807) is 0 Å². The summed E-state index contributed by atoms with van der Waals surface area (Å²) in [4.78, 5) is 12.5. The number of aromatic amines is 1. The number of aromatic nitrogens is 1. The third kappa shape index (κ3) is 1.54. The molecule has 60 valence electrons. The van der Waals surface area contributed by atoms with Crippen molar-refractivity contribution in [3.05, 3.63) is 28.0 Å². The number of anilines is 1. The minimum Gasteiger partial charge on any atom is -0.385 e. The van der Waals surface area contributed by atoms with Crippen LogP contribution in [-0.2, 0) is 0 Å². The number of nitrogens with one attached hydrogen (secondary N) is 1. The molecule has 0 spiro atoms. The zero-order chi connectivity index (χ0) is 8.43. The maximum Gasteiger partial charge on any atom is 0.267 e. The number of pyridine rings is 1. The standard InChI is InChI=1S/C6H6F2N2O/c7-5(8)3-1-2-4(11)10-6(3)9/h1-2,5H,(H3,9,10,11). The van der Waals surface area contributed by atoms with Gasteiger partial charge in [0.05, 0.1) is 5.56 Å². The normalized spacial score (nSPS) is 10.5. The Labute approximate surface area is 60.8 Å². The fourth-order valence-corrected chi connectivity index (χ4v) is 0.692. The second-order valence-corrected chi connectivity index (χ2v) is 1.99. The minimum absolute atomic E-state index is 0.271. The van der Waals surface area contributed by atoms with E-state index in [-0.39, 0.29) is 11.4 Å². The summed E-state index contributed by atoms with van der Waals surface area (Å²) in [6.07, 6.45) is -2.65. The monoisotopic (exact) mass is 160 g/mol. The number of nitrogen functional groups attached to an aromatic ring is 1. The topological polar surface area (TPSA) is 58.9 Å². The number of H-pyrrole nitrogens is 1. The van der Waals surface area contributed by atoms with Crippen LogP contribution < -0.4 is 11.3 Å². The molecule has 1 aromatic rings. The van der Waals surface area contributed by atoms with Gasteiger partial charge in [0.2, 0.25) is 5.56 Å². The Balaban J connectivity index is 3.20. The summed E-state index contributed by atoms with van der Waals surface area (Å²) in [7, 11) is 0. The van der Waals surface area contributed by atoms with Crippen molar-refractivity contribution >= 4 is 5.82 Å². The SMILES string of the molecule is Nc1[nH]c(=O)ccc1C(F)F. The highest BCUT2D eigenvalue weighted by Crippen LogP contribution is 2.20. The second-order valence-electron chi connectivity index (χ2n) is 1.99. The predicted molar refractivity (Wildman–Crippen MR) is 36.4 cm³/mol. The van der Waals surface area contributed by atoms with Gasteiger partial charge in [-0.25, -0.2) is 8.78 Å². The van der Waals surface area contributed by atoms with E-state index in [0.29, 0.717) is 0 Å². The zero-order valence-corrected chi connectivity index (χ0v) is 5.47. The number of halogens is 2. The molecule has 0 atom stereocenters. The molecule has 0 aliphatic heterocycles. The van der Waals surface area contributed by atoms with E-state index in [0.717, 1.165) is 12.1 Å². The van der Waals surface area contributed by atoms with Gasteiger partial charge in [-0.1, -0.05) is 0 Å². The van der Waals surface area contributed by atoms with Gasteiger partial charge < -0.3 is 10.7 Å². The lowest BCUT2D eigenvalue weighted by molar-refractivity contribution is 0.152. The van der Waals surface area contributed by atoms with Gasteiger partial charge in [0, 0.05) is 6.07 Å². The summed E-state index contributed by atoms with van der Waals surface area (Å²) in [6, 6.07) is 2.02. The Morgan fingerprint density at radius 3 is 2.55 bits per heavy atom. The highest BCUT2D eigenvalue weighted by atomic mass is 19.3. The molecule has 1 heterocycles. The molecule has 0 saturated carbocycles. The van der Waals surface area contributed by atoms with Crippen LogP contribution in [0.5, 0.6) is 0 Å². The van der Waals surface area contributed by atoms with E-state index in [2.05, 4.69) is 4.98 Å². The fraction of sp³-hybridized carbons (Fsp3) is 0.167. The van der Waals surface area contributed by atoms with Crippen LogP contribution in [0.25, 0.3) is 0 Å². The lowest BCUT2D eigenvalue weighted by Gasteiger charge is -2.01. The number of nitrogens with two attached hydrogens (primary N) is 1. The van der Waals surface area contributed by atoms with E-state index < -0.39 is 12.0 Å². The van der Waals surface area contributed by atoms with Gasteiger partial charge in [0.15, 0.2) is 0 Å². The molecule has 0 radical (unpaired) electrons. The van der Waals surface area contributed by atoms with Crippen molar-refractivity contribution in [2.75, 3.05) is 5.73 Å². The van der Waals surface area contributed by atoms with Crippen molar-refractivity contribution < 1.29 is 8.78 Å². The summed E-state index contributed by atoms with van der Waals surface area (Å²) < 4.78 is 23.9. The van der Waals surface area contributed by atoms with Crippen LogP contribution in [0.4, 0.5) is 14.6 Å². The van der Waals surface area contributed by atoms with Gasteiger partial charge >= 0.3 is 0 Å². The fourth-order valence-electron chi connectivity index (χ4n) is 0.692. The van der Waals surface area contributed by atoms with Crippen molar-refractivity contribution in [3.8, 4) is 0 Å². The summed E-state index contributed by atoms with van der Waals surface area (Å²) in [5.74, 6) is -0.271. The van der Waals surface area contributed by atoms with Crippen LogP contribution in [-0.4, -0.2) is 4.98 Å². The van der Waals surface area contributed by atoms with Crippen molar-refractivity contribution in [1.29, 1.82) is 0 Å². The first-order chi connectivity index (χ1) is 5.11. The van der Waals surface area contributed by atoms with Gasteiger partial charge in [-0.2, -0.15) is 0 Å². The molecule has 1 aromatic heterocycles. The molecule has 3 N–H and O–H groups in total. The molecule has 0 unspecified atom stereocenters. The van der Waals surface area contributed by atoms with E-state index in [1.165, 1.54) is 0 Å². The van der Waals surface area contributed by atoms with Crippen molar-refractivity contribution in [3.63, 3.8) is 0 Å². The second kappa shape index (κ2) is 2.69. The quantitative estimate of drug-likeness (QED) is 0.641. The number of rotatable bonds is 1. The van der Waals surface area contributed by atoms with E-state index in [9.17, 15) is 13.6 Å². The van der Waals surface area contributed by atoms with E-state index in [1.807, 2.05) is 0 Å². The van der Waals surface area contributed by atoms with Gasteiger partial charge in [-0.3, -0.25) is 4.79 Å². The molecule has 0 bridgehead atoms. The van der Waals surface area contributed by atoms with Crippen LogP contribution in [0, 0.1) is 0 Å². The lowest BCUT2D eigenvalue weighted by atomic mass is 10.3. The molecular weight excluding hydrogens is 154 g/mol. The molecule has 1 rings (SSSR count). The largest absolute Gasteiger partial charge is 0.385 e. The molecule has 11 heavy (non-hydrogen) atoms. The summed E-state index contributed by atoms with van der Waals surface area (Å²) >= 11 is 0. The molecule has 0 aliphatic rings. The number of hydrogen-bond donors (Lipinski definition) is 2. The Morgan fingerprint density at radius 1 is 1.45 bits per heavy atom. The average Bonchev–Trinajstić information content (AvgIpc) is 1.85.